The molecule has 1 saturated heterocycles. The zero-order valence-electron chi connectivity index (χ0n) is 18.6. The Morgan fingerprint density at radius 3 is 2.43 bits per heavy atom. The van der Waals surface area contributed by atoms with Crippen LogP contribution >= 0.6 is 24.0 Å². The van der Waals surface area contributed by atoms with Crippen LogP contribution < -0.4 is 5.32 Å². The lowest BCUT2D eigenvalue weighted by atomic mass is 9.97. The molecule has 1 saturated carbocycles. The number of rotatable bonds is 8. The largest absolute Gasteiger partial charge is 0.379 e. The molecular weight excluding hydrogens is 410 g/mol. The van der Waals surface area contributed by atoms with E-state index < -0.39 is 0 Å². The van der Waals surface area contributed by atoms with Crippen molar-refractivity contribution in [3.8, 4) is 0 Å². The van der Waals surface area contributed by atoms with Crippen molar-refractivity contribution in [1.82, 2.24) is 15.1 Å². The van der Waals surface area contributed by atoms with Crippen LogP contribution in [0.5, 0.6) is 0 Å². The van der Waals surface area contributed by atoms with E-state index in [-0.39, 0.29) is 0 Å². The summed E-state index contributed by atoms with van der Waals surface area (Å²) in [4.78, 5) is 6.22. The van der Waals surface area contributed by atoms with Gasteiger partial charge in [-0.05, 0) is 55.4 Å². The van der Waals surface area contributed by atoms with Gasteiger partial charge < -0.3 is 15.0 Å². The van der Waals surface area contributed by atoms with E-state index in [0.29, 0.717) is 6.04 Å². The van der Waals surface area contributed by atoms with Crippen LogP contribution in [0, 0.1) is 0 Å². The lowest BCUT2D eigenvalue weighted by Crippen LogP contribution is -2.45. The van der Waals surface area contributed by atoms with Crippen LogP contribution in [0.1, 0.15) is 56.9 Å². The first-order chi connectivity index (χ1) is 14.7. The first kappa shape index (κ1) is 23.8. The monoisotopic (exact) mass is 449 g/mol. The maximum atomic E-state index is 5.93. The first-order valence-corrected chi connectivity index (χ1v) is 13.4. The molecule has 30 heavy (non-hydrogen) atoms. The number of hydrogen-bond donors (Lipinski definition) is 1. The van der Waals surface area contributed by atoms with Crippen molar-refractivity contribution in [2.75, 3.05) is 45.6 Å². The van der Waals surface area contributed by atoms with Gasteiger partial charge in [-0.15, -0.1) is 11.8 Å². The molecule has 0 radical (unpaired) electrons. The third kappa shape index (κ3) is 8.37. The van der Waals surface area contributed by atoms with E-state index in [4.69, 9.17) is 17.0 Å². The normalized spacial score (nSPS) is 19.1. The van der Waals surface area contributed by atoms with Crippen molar-refractivity contribution in [1.29, 1.82) is 0 Å². The average molecular weight is 450 g/mol. The molecule has 0 unspecified atom stereocenters. The van der Waals surface area contributed by atoms with E-state index in [0.717, 1.165) is 57.5 Å². The molecule has 2 fully saturated rings. The molecule has 168 valence electrons. The van der Waals surface area contributed by atoms with E-state index >= 15 is 0 Å². The van der Waals surface area contributed by atoms with E-state index in [2.05, 4.69) is 45.6 Å². The van der Waals surface area contributed by atoms with Crippen molar-refractivity contribution >= 4 is 29.1 Å². The number of nitrogens with one attached hydrogen (secondary N) is 1. The molecular formula is C24H39N3OS2. The molecule has 0 aromatic heterocycles. The molecule has 0 atom stereocenters. The molecule has 0 spiro atoms. The van der Waals surface area contributed by atoms with Gasteiger partial charge in [-0.3, -0.25) is 4.90 Å². The molecule has 1 aliphatic heterocycles. The molecule has 2 aliphatic rings. The van der Waals surface area contributed by atoms with E-state index in [9.17, 15) is 0 Å². The van der Waals surface area contributed by atoms with Crippen molar-refractivity contribution in [3.05, 3.63) is 29.8 Å². The minimum Gasteiger partial charge on any atom is -0.379 e. The second-order valence-corrected chi connectivity index (χ2v) is 9.84. The summed E-state index contributed by atoms with van der Waals surface area (Å²) in [5.74, 6) is 0. The number of benzene rings is 1. The molecule has 1 aliphatic carbocycles. The van der Waals surface area contributed by atoms with Gasteiger partial charge in [-0.2, -0.15) is 0 Å². The van der Waals surface area contributed by atoms with Crippen molar-refractivity contribution in [3.63, 3.8) is 0 Å². The van der Waals surface area contributed by atoms with Crippen LogP contribution in [0.3, 0.4) is 0 Å². The quantitative estimate of drug-likeness (QED) is 0.447. The lowest BCUT2D eigenvalue weighted by molar-refractivity contribution is 0.0367. The van der Waals surface area contributed by atoms with Gasteiger partial charge in [0.05, 0.1) is 13.2 Å². The lowest BCUT2D eigenvalue weighted by Gasteiger charge is -2.32. The Balaban J connectivity index is 1.56. The number of hydrogen-bond acceptors (Lipinski definition) is 4. The Hall–Kier alpha value is -0.820. The fourth-order valence-electron chi connectivity index (χ4n) is 4.38. The Kier molecular flexibility index (Phi) is 10.8. The predicted molar refractivity (Wildman–Crippen MR) is 132 cm³/mol. The van der Waals surface area contributed by atoms with Crippen LogP contribution in [-0.2, 0) is 11.3 Å². The third-order valence-corrected chi connectivity index (χ3v) is 7.38. The summed E-state index contributed by atoms with van der Waals surface area (Å²) in [6.07, 6.45) is 12.6. The highest BCUT2D eigenvalue weighted by molar-refractivity contribution is 7.98. The van der Waals surface area contributed by atoms with E-state index in [1.165, 1.54) is 55.4 Å². The summed E-state index contributed by atoms with van der Waals surface area (Å²) in [5.41, 5.74) is 1.33. The summed E-state index contributed by atoms with van der Waals surface area (Å²) in [6.45, 7) is 6.86. The van der Waals surface area contributed by atoms with Crippen molar-refractivity contribution in [2.24, 2.45) is 0 Å². The van der Waals surface area contributed by atoms with Gasteiger partial charge in [0.25, 0.3) is 0 Å². The first-order valence-electron chi connectivity index (χ1n) is 11.7. The zero-order chi connectivity index (χ0) is 21.0. The van der Waals surface area contributed by atoms with Crippen LogP contribution in [0.25, 0.3) is 0 Å². The molecule has 3 rings (SSSR count). The molecule has 0 bridgehead atoms. The molecule has 1 N–H and O–H groups in total. The van der Waals surface area contributed by atoms with Gasteiger partial charge in [-0.1, -0.05) is 44.2 Å². The number of ether oxygens (including phenoxy) is 1. The van der Waals surface area contributed by atoms with Crippen LogP contribution in [-0.4, -0.2) is 66.6 Å². The number of thiocarbonyl (C=S) groups is 1. The fraction of sp³-hybridized carbons (Fsp3) is 0.708. The van der Waals surface area contributed by atoms with Gasteiger partial charge in [0.1, 0.15) is 0 Å². The highest BCUT2D eigenvalue weighted by Crippen LogP contribution is 2.19. The molecule has 1 aromatic rings. The molecule has 4 nitrogen and oxygen atoms in total. The minimum atomic E-state index is 0.540. The molecule has 1 heterocycles. The SMILES string of the molecule is CSc1ccc(CN(CCCN2CCOCC2)C(=S)NC2CCCCCCC2)cc1. The Bertz CT molecular complexity index is 611. The van der Waals surface area contributed by atoms with Gasteiger partial charge in [0, 0.05) is 43.7 Å². The Morgan fingerprint density at radius 2 is 1.77 bits per heavy atom. The molecule has 0 amide bonds. The van der Waals surface area contributed by atoms with Gasteiger partial charge in [0.2, 0.25) is 0 Å². The van der Waals surface area contributed by atoms with Crippen molar-refractivity contribution < 1.29 is 4.74 Å². The second-order valence-electron chi connectivity index (χ2n) is 8.57. The standard InChI is InChI=1S/C24H39N3OS2/c1-30-23-12-10-21(11-13-23)20-27(15-7-14-26-16-18-28-19-17-26)24(29)25-22-8-5-3-2-4-6-9-22/h10-13,22H,2-9,14-20H2,1H3,(H,25,29). The summed E-state index contributed by atoms with van der Waals surface area (Å²) < 4.78 is 5.48. The predicted octanol–water partition coefficient (Wildman–Crippen LogP) is 4.92. The Labute approximate surface area is 193 Å². The van der Waals surface area contributed by atoms with E-state index in [1.54, 1.807) is 11.8 Å². The maximum Gasteiger partial charge on any atom is 0.169 e. The van der Waals surface area contributed by atoms with Gasteiger partial charge in [0.15, 0.2) is 5.11 Å². The Morgan fingerprint density at radius 1 is 1.10 bits per heavy atom. The number of nitrogens with zero attached hydrogens (tertiary/aromatic N) is 2. The number of morpholine rings is 1. The maximum absolute atomic E-state index is 5.93. The van der Waals surface area contributed by atoms with Crippen LogP contribution in [0.15, 0.2) is 29.2 Å². The van der Waals surface area contributed by atoms with Crippen LogP contribution in [0.4, 0.5) is 0 Å². The minimum absolute atomic E-state index is 0.540. The average Bonchev–Trinajstić information content (AvgIpc) is 2.76. The molecule has 1 aromatic carbocycles. The van der Waals surface area contributed by atoms with Gasteiger partial charge in [-0.25, -0.2) is 0 Å². The smallest absolute Gasteiger partial charge is 0.169 e. The van der Waals surface area contributed by atoms with Crippen LogP contribution in [0.2, 0.25) is 0 Å². The summed E-state index contributed by atoms with van der Waals surface area (Å²) in [6, 6.07) is 9.48. The van der Waals surface area contributed by atoms with Gasteiger partial charge >= 0.3 is 0 Å². The second kappa shape index (κ2) is 13.6. The molecule has 6 heteroatoms. The summed E-state index contributed by atoms with van der Waals surface area (Å²) in [7, 11) is 0. The van der Waals surface area contributed by atoms with E-state index in [1.807, 2.05) is 0 Å². The number of thioether (sulfide) groups is 1. The topological polar surface area (TPSA) is 27.7 Å². The highest BCUT2D eigenvalue weighted by Gasteiger charge is 2.17. The zero-order valence-corrected chi connectivity index (χ0v) is 20.2. The summed E-state index contributed by atoms with van der Waals surface area (Å²) >= 11 is 7.72. The fourth-order valence-corrected chi connectivity index (χ4v) is 5.11. The third-order valence-electron chi connectivity index (χ3n) is 6.26. The van der Waals surface area contributed by atoms with Crippen molar-refractivity contribution in [2.45, 2.75) is 68.8 Å². The highest BCUT2D eigenvalue weighted by atomic mass is 32.2. The summed E-state index contributed by atoms with van der Waals surface area (Å²) in [5, 5.41) is 4.68.